The summed E-state index contributed by atoms with van der Waals surface area (Å²) in [6, 6.07) is 10.7. The van der Waals surface area contributed by atoms with E-state index in [0.29, 0.717) is 5.92 Å². The molecule has 1 heterocycles. The monoisotopic (exact) mass is 202 g/mol. The van der Waals surface area contributed by atoms with Crippen LogP contribution in [0, 0.1) is 0 Å². The Morgan fingerprint density at radius 2 is 2.07 bits per heavy atom. The molecule has 0 N–H and O–H groups in total. The number of hydrogen-bond donors (Lipinski definition) is 0. The molecule has 80 valence electrons. The first-order valence-corrected chi connectivity index (χ1v) is 5.63. The van der Waals surface area contributed by atoms with Crippen molar-refractivity contribution in [1.29, 1.82) is 0 Å². The van der Waals surface area contributed by atoms with Gasteiger partial charge in [-0.15, -0.1) is 0 Å². The van der Waals surface area contributed by atoms with Crippen LogP contribution < -0.4 is 0 Å². The number of hydrogen-bond acceptors (Lipinski definition) is 2. The van der Waals surface area contributed by atoms with Gasteiger partial charge in [-0.05, 0) is 12.0 Å². The molecule has 1 aliphatic heterocycles. The predicted molar refractivity (Wildman–Crippen MR) is 64.4 cm³/mol. The lowest BCUT2D eigenvalue weighted by atomic mass is 9.95. The minimum Gasteiger partial charge on any atom is -0.361 e. The van der Waals surface area contributed by atoms with Crippen molar-refractivity contribution in [3.8, 4) is 0 Å². The summed E-state index contributed by atoms with van der Waals surface area (Å²) in [7, 11) is 2.14. The van der Waals surface area contributed by atoms with Crippen molar-refractivity contribution in [2.45, 2.75) is 19.3 Å². The Hall–Kier alpha value is -1.31. The van der Waals surface area contributed by atoms with E-state index in [4.69, 9.17) is 0 Å². The number of amidine groups is 1. The van der Waals surface area contributed by atoms with Gasteiger partial charge in [-0.2, -0.15) is 0 Å². The number of rotatable bonds is 3. The Morgan fingerprint density at radius 3 is 2.60 bits per heavy atom. The average Bonchev–Trinajstić information content (AvgIpc) is 2.68. The highest BCUT2D eigenvalue weighted by atomic mass is 15.2. The molecule has 15 heavy (non-hydrogen) atoms. The normalized spacial score (nSPS) is 17.7. The Kier molecular flexibility index (Phi) is 3.05. The van der Waals surface area contributed by atoms with Crippen LogP contribution in [-0.4, -0.2) is 30.9 Å². The van der Waals surface area contributed by atoms with E-state index in [0.717, 1.165) is 19.5 Å². The quantitative estimate of drug-likeness (QED) is 0.735. The molecule has 0 saturated heterocycles. The molecule has 0 amide bonds. The third-order valence-electron chi connectivity index (χ3n) is 3.02. The SMILES string of the molecule is CCC(C1=NCCN1C)c1ccccc1. The van der Waals surface area contributed by atoms with Crippen molar-refractivity contribution in [3.63, 3.8) is 0 Å². The van der Waals surface area contributed by atoms with Crippen LogP contribution in [0.1, 0.15) is 24.8 Å². The third-order valence-corrected chi connectivity index (χ3v) is 3.02. The lowest BCUT2D eigenvalue weighted by Crippen LogP contribution is -2.28. The largest absolute Gasteiger partial charge is 0.361 e. The van der Waals surface area contributed by atoms with Gasteiger partial charge < -0.3 is 4.90 Å². The van der Waals surface area contributed by atoms with Crippen LogP contribution in [0.15, 0.2) is 35.3 Å². The molecule has 1 unspecified atom stereocenters. The molecule has 1 aliphatic rings. The minimum atomic E-state index is 0.471. The van der Waals surface area contributed by atoms with Crippen LogP contribution in [0.2, 0.25) is 0 Å². The van der Waals surface area contributed by atoms with Crippen LogP contribution >= 0.6 is 0 Å². The molecule has 0 aliphatic carbocycles. The van der Waals surface area contributed by atoms with E-state index in [2.05, 4.69) is 54.2 Å². The van der Waals surface area contributed by atoms with Crippen molar-refractivity contribution in [3.05, 3.63) is 35.9 Å². The van der Waals surface area contributed by atoms with Gasteiger partial charge in [0.25, 0.3) is 0 Å². The van der Waals surface area contributed by atoms with E-state index in [1.165, 1.54) is 11.4 Å². The molecule has 0 bridgehead atoms. The molecule has 2 heteroatoms. The van der Waals surface area contributed by atoms with Gasteiger partial charge in [0, 0.05) is 19.5 Å². The summed E-state index contributed by atoms with van der Waals surface area (Å²) < 4.78 is 0. The first kappa shape index (κ1) is 10.2. The maximum Gasteiger partial charge on any atom is 0.106 e. The lowest BCUT2D eigenvalue weighted by Gasteiger charge is -2.22. The minimum absolute atomic E-state index is 0.471. The first-order chi connectivity index (χ1) is 7.33. The van der Waals surface area contributed by atoms with Gasteiger partial charge in [-0.1, -0.05) is 37.3 Å². The van der Waals surface area contributed by atoms with Crippen LogP contribution in [0.5, 0.6) is 0 Å². The summed E-state index contributed by atoms with van der Waals surface area (Å²) in [5.74, 6) is 1.72. The van der Waals surface area contributed by atoms with Crippen molar-refractivity contribution < 1.29 is 0 Å². The van der Waals surface area contributed by atoms with Crippen molar-refractivity contribution in [2.75, 3.05) is 20.1 Å². The van der Waals surface area contributed by atoms with Crippen molar-refractivity contribution in [1.82, 2.24) is 4.90 Å². The second kappa shape index (κ2) is 4.47. The molecule has 2 nitrogen and oxygen atoms in total. The molecule has 0 radical (unpaired) electrons. The molecule has 1 aromatic carbocycles. The maximum atomic E-state index is 4.61. The van der Waals surface area contributed by atoms with Gasteiger partial charge in [-0.3, -0.25) is 4.99 Å². The zero-order chi connectivity index (χ0) is 10.7. The zero-order valence-corrected chi connectivity index (χ0v) is 9.48. The molecule has 0 aromatic heterocycles. The summed E-state index contributed by atoms with van der Waals surface area (Å²) >= 11 is 0. The summed E-state index contributed by atoms with van der Waals surface area (Å²) in [4.78, 5) is 6.89. The van der Waals surface area contributed by atoms with Crippen LogP contribution in [-0.2, 0) is 0 Å². The van der Waals surface area contributed by atoms with Crippen molar-refractivity contribution in [2.24, 2.45) is 4.99 Å². The van der Waals surface area contributed by atoms with E-state index < -0.39 is 0 Å². The second-order valence-corrected chi connectivity index (χ2v) is 4.03. The van der Waals surface area contributed by atoms with Gasteiger partial charge in [0.05, 0.1) is 6.54 Å². The second-order valence-electron chi connectivity index (χ2n) is 4.03. The first-order valence-electron chi connectivity index (χ1n) is 5.63. The third kappa shape index (κ3) is 2.04. The van der Waals surface area contributed by atoms with Gasteiger partial charge in [0.1, 0.15) is 5.84 Å². The lowest BCUT2D eigenvalue weighted by molar-refractivity contribution is 0.532. The highest BCUT2D eigenvalue weighted by Crippen LogP contribution is 2.24. The Balaban J connectivity index is 2.25. The van der Waals surface area contributed by atoms with Crippen LogP contribution in [0.25, 0.3) is 0 Å². The fourth-order valence-electron chi connectivity index (χ4n) is 2.18. The smallest absolute Gasteiger partial charge is 0.106 e. The number of nitrogens with zero attached hydrogens (tertiary/aromatic N) is 2. The summed E-state index contributed by atoms with van der Waals surface area (Å²) in [6.45, 7) is 4.25. The highest BCUT2D eigenvalue weighted by molar-refractivity contribution is 5.90. The summed E-state index contributed by atoms with van der Waals surface area (Å²) in [5.41, 5.74) is 1.38. The molecular formula is C13H18N2. The van der Waals surface area contributed by atoms with Gasteiger partial charge in [-0.25, -0.2) is 0 Å². The van der Waals surface area contributed by atoms with E-state index in [9.17, 15) is 0 Å². The maximum absolute atomic E-state index is 4.61. The molecule has 0 spiro atoms. The van der Waals surface area contributed by atoms with Crippen LogP contribution in [0.3, 0.4) is 0 Å². The van der Waals surface area contributed by atoms with E-state index in [1.54, 1.807) is 0 Å². The van der Waals surface area contributed by atoms with Crippen LogP contribution in [0.4, 0.5) is 0 Å². The average molecular weight is 202 g/mol. The Morgan fingerprint density at radius 1 is 1.33 bits per heavy atom. The van der Waals surface area contributed by atoms with E-state index >= 15 is 0 Å². The standard InChI is InChI=1S/C13H18N2/c1-3-12(11-7-5-4-6-8-11)13-14-9-10-15(13)2/h4-8,12H,3,9-10H2,1-2H3. The molecular weight excluding hydrogens is 184 g/mol. The van der Waals surface area contributed by atoms with E-state index in [-0.39, 0.29) is 0 Å². The Bertz CT molecular complexity index is 343. The fraction of sp³-hybridized carbons (Fsp3) is 0.462. The number of aliphatic imine (C=N–C) groups is 1. The highest BCUT2D eigenvalue weighted by Gasteiger charge is 2.22. The molecule has 1 atom stereocenters. The predicted octanol–water partition coefficient (Wildman–Crippen LogP) is 2.52. The Labute approximate surface area is 91.6 Å². The molecule has 0 fully saturated rings. The summed E-state index contributed by atoms with van der Waals surface area (Å²) in [6.07, 6.45) is 1.12. The van der Waals surface area contributed by atoms with E-state index in [1.807, 2.05) is 0 Å². The van der Waals surface area contributed by atoms with Gasteiger partial charge in [0.2, 0.25) is 0 Å². The number of benzene rings is 1. The zero-order valence-electron chi connectivity index (χ0n) is 9.48. The van der Waals surface area contributed by atoms with Gasteiger partial charge >= 0.3 is 0 Å². The molecule has 2 rings (SSSR count). The topological polar surface area (TPSA) is 15.6 Å². The molecule has 1 aromatic rings. The summed E-state index contributed by atoms with van der Waals surface area (Å²) in [5, 5.41) is 0. The fourth-order valence-corrected chi connectivity index (χ4v) is 2.18. The number of likely N-dealkylation sites (N-methyl/N-ethyl adjacent to an activating group) is 1. The van der Waals surface area contributed by atoms with Gasteiger partial charge in [0.15, 0.2) is 0 Å². The molecule has 0 saturated carbocycles. The van der Waals surface area contributed by atoms with Crippen molar-refractivity contribution >= 4 is 5.84 Å².